The zero-order valence-electron chi connectivity index (χ0n) is 14.1. The summed E-state index contributed by atoms with van der Waals surface area (Å²) < 4.78 is 12.8. The quantitative estimate of drug-likeness (QED) is 0.692. The Balaban J connectivity index is 1.39. The van der Waals surface area contributed by atoms with Crippen molar-refractivity contribution in [2.75, 3.05) is 13.2 Å². The van der Waals surface area contributed by atoms with Crippen LogP contribution in [0, 0.1) is 0 Å². The molecule has 3 heterocycles. The lowest BCUT2D eigenvalue weighted by Gasteiger charge is -2.31. The van der Waals surface area contributed by atoms with Gasteiger partial charge in [0.15, 0.2) is 11.5 Å². The topological polar surface area (TPSA) is 51.7 Å². The van der Waals surface area contributed by atoms with E-state index in [9.17, 15) is 4.79 Å². The zero-order valence-corrected chi connectivity index (χ0v) is 14.9. The minimum absolute atomic E-state index is 0.0127. The maximum Gasteiger partial charge on any atom is 0.267 e. The van der Waals surface area contributed by atoms with Crippen molar-refractivity contribution in [2.45, 2.75) is 25.0 Å². The number of ether oxygens (including phenoxy) is 2. The Bertz CT molecular complexity index is 937. The van der Waals surface area contributed by atoms with Crippen LogP contribution >= 0.6 is 11.3 Å². The van der Waals surface area contributed by atoms with E-state index in [4.69, 9.17) is 14.5 Å². The number of para-hydroxylation sites is 3. The highest BCUT2D eigenvalue weighted by Gasteiger charge is 2.38. The third-order valence-electron chi connectivity index (χ3n) is 4.92. The molecule has 2 atom stereocenters. The lowest BCUT2D eigenvalue weighted by molar-refractivity contribution is -0.142. The average molecular weight is 366 g/mol. The lowest BCUT2D eigenvalue weighted by Crippen LogP contribution is -2.46. The van der Waals surface area contributed by atoms with Gasteiger partial charge in [0, 0.05) is 6.54 Å². The standard InChI is InChI=1S/C20H18N2O3S/c23-20(17-12-24-15-8-2-3-9-16(15)25-17)22-11-5-7-14(22)19-21-13-6-1-4-10-18(13)26-19/h1-4,6,8-10,14,17H,5,7,11-12H2. The molecule has 1 aromatic heterocycles. The second-order valence-electron chi connectivity index (χ2n) is 6.57. The molecule has 2 aromatic carbocycles. The van der Waals surface area contributed by atoms with Crippen molar-refractivity contribution >= 4 is 27.5 Å². The first-order valence-electron chi connectivity index (χ1n) is 8.84. The van der Waals surface area contributed by atoms with Crippen LogP contribution in [0.2, 0.25) is 0 Å². The van der Waals surface area contributed by atoms with Crippen LogP contribution in [0.15, 0.2) is 48.5 Å². The molecule has 2 aliphatic heterocycles. The van der Waals surface area contributed by atoms with E-state index < -0.39 is 6.10 Å². The molecule has 5 rings (SSSR count). The fourth-order valence-corrected chi connectivity index (χ4v) is 4.76. The van der Waals surface area contributed by atoms with Crippen LogP contribution in [-0.4, -0.2) is 35.0 Å². The zero-order chi connectivity index (χ0) is 17.5. The molecule has 1 amide bonds. The Labute approximate surface area is 155 Å². The van der Waals surface area contributed by atoms with Crippen LogP contribution in [0.4, 0.5) is 0 Å². The number of rotatable bonds is 2. The van der Waals surface area contributed by atoms with Gasteiger partial charge in [-0.25, -0.2) is 4.98 Å². The van der Waals surface area contributed by atoms with E-state index in [-0.39, 0.29) is 18.6 Å². The van der Waals surface area contributed by atoms with Crippen molar-refractivity contribution in [1.29, 1.82) is 0 Å². The minimum Gasteiger partial charge on any atom is -0.485 e. The summed E-state index contributed by atoms with van der Waals surface area (Å²) in [4.78, 5) is 19.8. The van der Waals surface area contributed by atoms with E-state index >= 15 is 0 Å². The van der Waals surface area contributed by atoms with Crippen LogP contribution in [0.3, 0.4) is 0 Å². The first-order chi connectivity index (χ1) is 12.8. The molecular formula is C20H18N2O3S. The van der Waals surface area contributed by atoms with Crippen molar-refractivity contribution in [3.8, 4) is 11.5 Å². The maximum absolute atomic E-state index is 13.1. The van der Waals surface area contributed by atoms with Gasteiger partial charge < -0.3 is 14.4 Å². The van der Waals surface area contributed by atoms with E-state index in [2.05, 4.69) is 6.07 Å². The highest BCUT2D eigenvalue weighted by atomic mass is 32.1. The van der Waals surface area contributed by atoms with Crippen LogP contribution in [0.1, 0.15) is 23.9 Å². The Hall–Kier alpha value is -2.60. The summed E-state index contributed by atoms with van der Waals surface area (Å²) in [6, 6.07) is 15.6. The number of nitrogens with zero attached hydrogens (tertiary/aromatic N) is 2. The normalized spacial score (nSPS) is 21.9. The largest absolute Gasteiger partial charge is 0.485 e. The molecule has 5 nitrogen and oxygen atoms in total. The summed E-state index contributed by atoms with van der Waals surface area (Å²) in [5, 5.41) is 1.01. The van der Waals surface area contributed by atoms with Crippen molar-refractivity contribution in [3.05, 3.63) is 53.5 Å². The number of benzene rings is 2. The molecule has 0 aliphatic carbocycles. The molecule has 0 N–H and O–H groups in total. The van der Waals surface area contributed by atoms with Crippen molar-refractivity contribution in [1.82, 2.24) is 9.88 Å². The Kier molecular flexibility index (Phi) is 3.78. The van der Waals surface area contributed by atoms with Crippen molar-refractivity contribution in [2.24, 2.45) is 0 Å². The summed E-state index contributed by atoms with van der Waals surface area (Å²) in [5.74, 6) is 1.31. The van der Waals surface area contributed by atoms with Gasteiger partial charge in [-0.3, -0.25) is 4.79 Å². The number of aromatic nitrogens is 1. The summed E-state index contributed by atoms with van der Waals surface area (Å²) >= 11 is 1.67. The number of carbonyl (C=O) groups is 1. The van der Waals surface area contributed by atoms with Gasteiger partial charge >= 0.3 is 0 Å². The molecule has 0 bridgehead atoms. The van der Waals surface area contributed by atoms with Gasteiger partial charge in [-0.05, 0) is 37.1 Å². The highest BCUT2D eigenvalue weighted by molar-refractivity contribution is 7.18. The summed E-state index contributed by atoms with van der Waals surface area (Å²) in [6.45, 7) is 0.986. The first kappa shape index (κ1) is 15.6. The molecule has 1 fully saturated rings. The highest BCUT2D eigenvalue weighted by Crippen LogP contribution is 2.38. The van der Waals surface area contributed by atoms with E-state index in [1.165, 1.54) is 0 Å². The summed E-state index contributed by atoms with van der Waals surface area (Å²) in [5.41, 5.74) is 0.998. The van der Waals surface area contributed by atoms with Crippen LogP contribution in [0.25, 0.3) is 10.2 Å². The Morgan fingerprint density at radius 1 is 1.12 bits per heavy atom. The lowest BCUT2D eigenvalue weighted by atomic mass is 10.2. The number of hydrogen-bond acceptors (Lipinski definition) is 5. The van der Waals surface area contributed by atoms with Gasteiger partial charge in [0.1, 0.15) is 11.6 Å². The van der Waals surface area contributed by atoms with Gasteiger partial charge in [0.25, 0.3) is 5.91 Å². The summed E-state index contributed by atoms with van der Waals surface area (Å²) in [7, 11) is 0. The Morgan fingerprint density at radius 2 is 1.92 bits per heavy atom. The van der Waals surface area contributed by atoms with Gasteiger partial charge in [-0.2, -0.15) is 0 Å². The molecule has 0 spiro atoms. The molecule has 0 saturated carbocycles. The molecule has 6 heteroatoms. The van der Waals surface area contributed by atoms with E-state index in [0.717, 1.165) is 34.6 Å². The minimum atomic E-state index is -0.597. The van der Waals surface area contributed by atoms with Gasteiger partial charge in [-0.15, -0.1) is 11.3 Å². The number of likely N-dealkylation sites (tertiary alicyclic amines) is 1. The predicted octanol–water partition coefficient (Wildman–Crippen LogP) is 3.80. The molecule has 132 valence electrons. The smallest absolute Gasteiger partial charge is 0.267 e. The number of amides is 1. The van der Waals surface area contributed by atoms with Gasteiger partial charge in [0.05, 0.1) is 16.3 Å². The van der Waals surface area contributed by atoms with Crippen LogP contribution in [-0.2, 0) is 4.79 Å². The average Bonchev–Trinajstić information content (AvgIpc) is 3.33. The molecule has 0 radical (unpaired) electrons. The van der Waals surface area contributed by atoms with Gasteiger partial charge in [0.2, 0.25) is 6.10 Å². The van der Waals surface area contributed by atoms with E-state index in [0.29, 0.717) is 11.5 Å². The molecule has 26 heavy (non-hydrogen) atoms. The second-order valence-corrected chi connectivity index (χ2v) is 7.64. The third-order valence-corrected chi connectivity index (χ3v) is 6.05. The molecule has 2 aliphatic rings. The van der Waals surface area contributed by atoms with Crippen LogP contribution < -0.4 is 9.47 Å². The van der Waals surface area contributed by atoms with E-state index in [1.54, 1.807) is 11.3 Å². The molecular weight excluding hydrogens is 348 g/mol. The number of hydrogen-bond donors (Lipinski definition) is 0. The Morgan fingerprint density at radius 3 is 2.81 bits per heavy atom. The number of fused-ring (bicyclic) bond motifs is 2. The molecule has 2 unspecified atom stereocenters. The fourth-order valence-electron chi connectivity index (χ4n) is 3.65. The maximum atomic E-state index is 13.1. The first-order valence-corrected chi connectivity index (χ1v) is 9.66. The SMILES string of the molecule is O=C(C1COc2ccccc2O1)N1CCCC1c1nc2ccccc2s1. The van der Waals surface area contributed by atoms with Gasteiger partial charge in [-0.1, -0.05) is 24.3 Å². The van der Waals surface area contributed by atoms with Crippen molar-refractivity contribution < 1.29 is 14.3 Å². The molecule has 1 saturated heterocycles. The van der Waals surface area contributed by atoms with E-state index in [1.807, 2.05) is 47.4 Å². The monoisotopic (exact) mass is 366 g/mol. The molecule has 3 aromatic rings. The fraction of sp³-hybridized carbons (Fsp3) is 0.300. The number of carbonyl (C=O) groups excluding carboxylic acids is 1. The summed E-state index contributed by atoms with van der Waals surface area (Å²) in [6.07, 6.45) is 1.33. The third kappa shape index (κ3) is 2.61. The van der Waals surface area contributed by atoms with Crippen LogP contribution in [0.5, 0.6) is 11.5 Å². The number of thiazole rings is 1. The van der Waals surface area contributed by atoms with Crippen molar-refractivity contribution in [3.63, 3.8) is 0 Å². The predicted molar refractivity (Wildman–Crippen MR) is 99.7 cm³/mol. The second kappa shape index (κ2) is 6.29.